The van der Waals surface area contributed by atoms with Crippen LogP contribution in [-0.2, 0) is 21.2 Å². The van der Waals surface area contributed by atoms with Crippen LogP contribution in [0.25, 0.3) is 0 Å². The Morgan fingerprint density at radius 2 is 1.82 bits per heavy atom. The van der Waals surface area contributed by atoms with Crippen molar-refractivity contribution >= 4 is 21.6 Å². The standard InChI is InChI=1S/C27H41F2N5O3S/c1-2-3-4-5-6-7-8-11-34-26(31-38(36,37)21-9-10-21)16-20-18-32(12-13-33(20)34)27(35)25-17-22-23(29)14-19(28)15-24(22)30-25/h14-15,20-21,25-26,30-31H,2-13,16-18H2,1H3. The van der Waals surface area contributed by atoms with Gasteiger partial charge in [0.05, 0.1) is 11.4 Å². The molecule has 0 spiro atoms. The predicted molar refractivity (Wildman–Crippen MR) is 143 cm³/mol. The van der Waals surface area contributed by atoms with E-state index in [1.165, 1.54) is 38.2 Å². The minimum absolute atomic E-state index is 0.0158. The number of carbonyl (C=O) groups is 1. The number of hydrazine groups is 1. The van der Waals surface area contributed by atoms with Crippen LogP contribution in [0.15, 0.2) is 12.1 Å². The maximum absolute atomic E-state index is 14.2. The molecule has 1 aromatic carbocycles. The fourth-order valence-electron chi connectivity index (χ4n) is 6.18. The summed E-state index contributed by atoms with van der Waals surface area (Å²) in [5.41, 5.74) is 0.690. The lowest BCUT2D eigenvalue weighted by molar-refractivity contribution is -0.138. The summed E-state index contributed by atoms with van der Waals surface area (Å²) in [6.45, 7) is 4.62. The molecule has 11 heteroatoms. The monoisotopic (exact) mass is 553 g/mol. The second-order valence-corrected chi connectivity index (χ2v) is 13.3. The Morgan fingerprint density at radius 1 is 1.08 bits per heavy atom. The van der Waals surface area contributed by atoms with Gasteiger partial charge in [-0.2, -0.15) is 4.72 Å². The third kappa shape index (κ3) is 6.16. The first kappa shape index (κ1) is 27.7. The molecule has 1 amide bonds. The van der Waals surface area contributed by atoms with Gasteiger partial charge in [0.25, 0.3) is 0 Å². The van der Waals surface area contributed by atoms with Gasteiger partial charge in [-0.1, -0.05) is 45.4 Å². The minimum Gasteiger partial charge on any atom is -0.373 e. The Kier molecular flexibility index (Phi) is 8.57. The van der Waals surface area contributed by atoms with Gasteiger partial charge in [-0.3, -0.25) is 4.79 Å². The molecule has 4 aliphatic rings. The van der Waals surface area contributed by atoms with Gasteiger partial charge in [-0.15, -0.1) is 0 Å². The van der Waals surface area contributed by atoms with Crippen molar-refractivity contribution in [1.82, 2.24) is 19.6 Å². The van der Waals surface area contributed by atoms with E-state index in [1.807, 2.05) is 0 Å². The van der Waals surface area contributed by atoms with E-state index < -0.39 is 27.7 Å². The predicted octanol–water partition coefficient (Wildman–Crippen LogP) is 3.59. The van der Waals surface area contributed by atoms with Crippen LogP contribution in [0.5, 0.6) is 0 Å². The number of nitrogens with one attached hydrogen (secondary N) is 2. The Morgan fingerprint density at radius 3 is 2.55 bits per heavy atom. The van der Waals surface area contributed by atoms with Crippen molar-refractivity contribution in [2.24, 2.45) is 0 Å². The summed E-state index contributed by atoms with van der Waals surface area (Å²) in [5.74, 6) is -1.42. The van der Waals surface area contributed by atoms with Crippen molar-refractivity contribution in [2.45, 2.75) is 101 Å². The highest BCUT2D eigenvalue weighted by molar-refractivity contribution is 7.90. The van der Waals surface area contributed by atoms with Crippen molar-refractivity contribution < 1.29 is 22.0 Å². The largest absolute Gasteiger partial charge is 0.373 e. The lowest BCUT2D eigenvalue weighted by Crippen LogP contribution is -2.59. The number of halogens is 2. The van der Waals surface area contributed by atoms with Crippen LogP contribution in [0, 0.1) is 11.6 Å². The average Bonchev–Trinajstić information content (AvgIpc) is 3.58. The molecule has 3 atom stereocenters. The number of sulfonamides is 1. The highest BCUT2D eigenvalue weighted by Gasteiger charge is 2.47. The second kappa shape index (κ2) is 11.7. The normalized spacial score (nSPS) is 25.9. The van der Waals surface area contributed by atoms with Gasteiger partial charge in [0.15, 0.2) is 0 Å². The van der Waals surface area contributed by atoms with E-state index in [9.17, 15) is 22.0 Å². The molecule has 0 bridgehead atoms. The number of benzene rings is 1. The first-order chi connectivity index (χ1) is 18.3. The number of hydrogen-bond donors (Lipinski definition) is 2. The van der Waals surface area contributed by atoms with Gasteiger partial charge in [0.1, 0.15) is 17.7 Å². The van der Waals surface area contributed by atoms with E-state index in [0.717, 1.165) is 38.3 Å². The van der Waals surface area contributed by atoms with E-state index in [-0.39, 0.29) is 29.8 Å². The first-order valence-electron chi connectivity index (χ1n) is 14.3. The summed E-state index contributed by atoms with van der Waals surface area (Å²) in [6.07, 6.45) is 10.3. The number of rotatable bonds is 12. The smallest absolute Gasteiger partial charge is 0.245 e. The van der Waals surface area contributed by atoms with Crippen LogP contribution in [0.1, 0.15) is 76.7 Å². The number of carbonyl (C=O) groups excluding carboxylic acids is 1. The molecule has 1 aliphatic carbocycles. The number of unbranched alkanes of at least 4 members (excludes halogenated alkanes) is 6. The maximum atomic E-state index is 14.2. The molecule has 0 radical (unpaired) electrons. The van der Waals surface area contributed by atoms with Crippen molar-refractivity contribution in [3.8, 4) is 0 Å². The molecule has 2 N–H and O–H groups in total. The SMILES string of the molecule is CCCCCCCCCN1C(NS(=O)(=O)C2CC2)CC2CN(C(=O)C3Cc4c(F)cc(F)cc4N3)CCN21. The average molecular weight is 554 g/mol. The number of anilines is 1. The molecule has 3 aliphatic heterocycles. The molecule has 3 heterocycles. The molecular formula is C27H41F2N5O3S. The van der Waals surface area contributed by atoms with Gasteiger partial charge in [-0.25, -0.2) is 27.2 Å². The number of piperazine rings is 1. The molecule has 0 aromatic heterocycles. The zero-order valence-electron chi connectivity index (χ0n) is 22.3. The summed E-state index contributed by atoms with van der Waals surface area (Å²) in [6, 6.07) is 1.48. The molecular weight excluding hydrogens is 512 g/mol. The third-order valence-electron chi connectivity index (χ3n) is 8.40. The van der Waals surface area contributed by atoms with E-state index in [2.05, 4.69) is 27.0 Å². The quantitative estimate of drug-likeness (QED) is 0.385. The van der Waals surface area contributed by atoms with Crippen LogP contribution in [0.2, 0.25) is 0 Å². The van der Waals surface area contributed by atoms with Crippen molar-refractivity contribution in [1.29, 1.82) is 0 Å². The number of amides is 1. The van der Waals surface area contributed by atoms with Gasteiger partial charge < -0.3 is 10.2 Å². The molecule has 1 aromatic rings. The molecule has 2 saturated heterocycles. The molecule has 3 unspecified atom stereocenters. The van der Waals surface area contributed by atoms with Gasteiger partial charge in [-0.05, 0) is 31.7 Å². The Balaban J connectivity index is 1.20. The zero-order chi connectivity index (χ0) is 26.9. The Bertz CT molecular complexity index is 1120. The molecule has 8 nitrogen and oxygen atoms in total. The van der Waals surface area contributed by atoms with Crippen LogP contribution >= 0.6 is 0 Å². The lowest BCUT2D eigenvalue weighted by Gasteiger charge is -2.42. The summed E-state index contributed by atoms with van der Waals surface area (Å²) >= 11 is 0. The maximum Gasteiger partial charge on any atom is 0.245 e. The van der Waals surface area contributed by atoms with E-state index in [4.69, 9.17) is 0 Å². The molecule has 3 fully saturated rings. The van der Waals surface area contributed by atoms with Crippen molar-refractivity contribution in [3.63, 3.8) is 0 Å². The van der Waals surface area contributed by atoms with Crippen LogP contribution in [0.4, 0.5) is 14.5 Å². The van der Waals surface area contributed by atoms with Crippen LogP contribution < -0.4 is 10.0 Å². The molecule has 212 valence electrons. The summed E-state index contributed by atoms with van der Waals surface area (Å²) in [5, 5.41) is 7.18. The second-order valence-electron chi connectivity index (χ2n) is 11.3. The van der Waals surface area contributed by atoms with Gasteiger partial charge in [0, 0.05) is 56.0 Å². The highest BCUT2D eigenvalue weighted by atomic mass is 32.2. The van der Waals surface area contributed by atoms with Crippen molar-refractivity contribution in [2.75, 3.05) is 31.5 Å². The van der Waals surface area contributed by atoms with Crippen LogP contribution in [-0.4, -0.2) is 78.9 Å². The van der Waals surface area contributed by atoms with E-state index >= 15 is 0 Å². The van der Waals surface area contributed by atoms with Crippen molar-refractivity contribution in [3.05, 3.63) is 29.3 Å². The number of fused-ring (bicyclic) bond motifs is 2. The fourth-order valence-corrected chi connectivity index (χ4v) is 7.73. The van der Waals surface area contributed by atoms with E-state index in [1.54, 1.807) is 4.90 Å². The summed E-state index contributed by atoms with van der Waals surface area (Å²) < 4.78 is 56.4. The first-order valence-corrected chi connectivity index (χ1v) is 15.9. The lowest BCUT2D eigenvalue weighted by atomic mass is 10.1. The highest BCUT2D eigenvalue weighted by Crippen LogP contribution is 2.34. The number of hydrogen-bond acceptors (Lipinski definition) is 6. The number of nitrogens with zero attached hydrogens (tertiary/aromatic N) is 3. The summed E-state index contributed by atoms with van der Waals surface area (Å²) in [7, 11) is -3.35. The molecule has 5 rings (SSSR count). The molecule has 1 saturated carbocycles. The summed E-state index contributed by atoms with van der Waals surface area (Å²) in [4.78, 5) is 15.2. The Hall–Kier alpha value is -1.82. The van der Waals surface area contributed by atoms with E-state index in [0.29, 0.717) is 37.3 Å². The third-order valence-corrected chi connectivity index (χ3v) is 10.3. The fraction of sp³-hybridized carbons (Fsp3) is 0.741. The molecule has 38 heavy (non-hydrogen) atoms. The zero-order valence-corrected chi connectivity index (χ0v) is 23.1. The topological polar surface area (TPSA) is 85.0 Å². The van der Waals surface area contributed by atoms with Crippen LogP contribution in [0.3, 0.4) is 0 Å². The Labute approximate surface area is 225 Å². The minimum atomic E-state index is -3.35. The van der Waals surface area contributed by atoms with Gasteiger partial charge >= 0.3 is 0 Å². The van der Waals surface area contributed by atoms with Gasteiger partial charge in [0.2, 0.25) is 15.9 Å².